The Bertz CT molecular complexity index is 168. The highest BCUT2D eigenvalue weighted by Gasteiger charge is 2.39. The standard InChI is InChI=1S/C14H30Si/c1-7-10-12-14(9-3,13-11-8-2)15(4,5)6/h9H,3,7-8,10-13H2,1-2,4-6H3. The molecule has 0 aliphatic carbocycles. The fourth-order valence-corrected chi connectivity index (χ4v) is 4.84. The van der Waals surface area contributed by atoms with Crippen molar-refractivity contribution < 1.29 is 0 Å². The Labute approximate surface area is 98.2 Å². The number of hydrogen-bond acceptors (Lipinski definition) is 0. The lowest BCUT2D eigenvalue weighted by Gasteiger charge is -2.42. The molecule has 0 N–H and O–H groups in total. The van der Waals surface area contributed by atoms with Gasteiger partial charge in [-0.05, 0) is 17.9 Å². The molecule has 0 radical (unpaired) electrons. The summed E-state index contributed by atoms with van der Waals surface area (Å²) in [6.45, 7) is 16.2. The van der Waals surface area contributed by atoms with Gasteiger partial charge in [0, 0.05) is 0 Å². The van der Waals surface area contributed by atoms with Crippen molar-refractivity contribution in [2.45, 2.75) is 77.1 Å². The molecule has 1 heteroatoms. The summed E-state index contributed by atoms with van der Waals surface area (Å²) in [6, 6.07) is 0. The normalized spacial score (nSPS) is 12.9. The van der Waals surface area contributed by atoms with E-state index in [-0.39, 0.29) is 0 Å². The Morgan fingerprint density at radius 1 is 1.00 bits per heavy atom. The third kappa shape index (κ3) is 4.14. The topological polar surface area (TPSA) is 0 Å². The zero-order valence-corrected chi connectivity index (χ0v) is 12.5. The molecular formula is C14H30Si. The third-order valence-corrected chi connectivity index (χ3v) is 7.53. The van der Waals surface area contributed by atoms with Gasteiger partial charge in [-0.1, -0.05) is 65.2 Å². The maximum atomic E-state index is 4.14. The molecule has 0 heterocycles. The second-order valence-electron chi connectivity index (χ2n) is 5.82. The number of unbranched alkanes of at least 4 members (excludes halogenated alkanes) is 2. The van der Waals surface area contributed by atoms with E-state index in [4.69, 9.17) is 0 Å². The summed E-state index contributed by atoms with van der Waals surface area (Å²) < 4.78 is 0. The highest BCUT2D eigenvalue weighted by atomic mass is 28.3. The van der Waals surface area contributed by atoms with Gasteiger partial charge in [-0.15, -0.1) is 6.58 Å². The van der Waals surface area contributed by atoms with Gasteiger partial charge in [0.15, 0.2) is 0 Å². The van der Waals surface area contributed by atoms with Crippen LogP contribution in [0.1, 0.15) is 52.4 Å². The van der Waals surface area contributed by atoms with E-state index in [1.807, 2.05) is 0 Å². The van der Waals surface area contributed by atoms with E-state index in [0.717, 1.165) is 0 Å². The Morgan fingerprint density at radius 2 is 1.40 bits per heavy atom. The quantitative estimate of drug-likeness (QED) is 0.371. The molecule has 0 fully saturated rings. The second-order valence-corrected chi connectivity index (χ2v) is 11.3. The lowest BCUT2D eigenvalue weighted by Crippen LogP contribution is -2.38. The summed E-state index contributed by atoms with van der Waals surface area (Å²) in [5.41, 5.74) is 0. The van der Waals surface area contributed by atoms with Crippen LogP contribution in [0.15, 0.2) is 12.7 Å². The van der Waals surface area contributed by atoms with Crippen molar-refractivity contribution >= 4 is 8.07 Å². The Kier molecular flexibility index (Phi) is 6.50. The van der Waals surface area contributed by atoms with Gasteiger partial charge in [0.1, 0.15) is 0 Å². The maximum Gasteiger partial charge on any atom is 0.0549 e. The van der Waals surface area contributed by atoms with Crippen LogP contribution >= 0.6 is 0 Å². The molecule has 0 nitrogen and oxygen atoms in total. The monoisotopic (exact) mass is 226 g/mol. The van der Waals surface area contributed by atoms with Crippen molar-refractivity contribution in [2.24, 2.45) is 0 Å². The van der Waals surface area contributed by atoms with Crippen molar-refractivity contribution in [3.8, 4) is 0 Å². The number of allylic oxidation sites excluding steroid dienone is 1. The highest BCUT2D eigenvalue weighted by molar-refractivity contribution is 6.79. The summed E-state index contributed by atoms with van der Waals surface area (Å²) >= 11 is 0. The maximum absolute atomic E-state index is 4.14. The van der Waals surface area contributed by atoms with Gasteiger partial charge >= 0.3 is 0 Å². The molecule has 0 aromatic carbocycles. The van der Waals surface area contributed by atoms with Gasteiger partial charge in [0.2, 0.25) is 0 Å². The summed E-state index contributed by atoms with van der Waals surface area (Å²) in [7, 11) is -1.13. The minimum absolute atomic E-state index is 0.485. The van der Waals surface area contributed by atoms with Gasteiger partial charge in [0.25, 0.3) is 0 Å². The van der Waals surface area contributed by atoms with Crippen LogP contribution < -0.4 is 0 Å². The van der Waals surface area contributed by atoms with Gasteiger partial charge in [0.05, 0.1) is 8.07 Å². The fourth-order valence-electron chi connectivity index (χ4n) is 2.37. The van der Waals surface area contributed by atoms with E-state index >= 15 is 0 Å². The minimum atomic E-state index is -1.13. The van der Waals surface area contributed by atoms with Crippen LogP contribution in [-0.4, -0.2) is 8.07 Å². The van der Waals surface area contributed by atoms with Crippen LogP contribution in [-0.2, 0) is 0 Å². The summed E-state index contributed by atoms with van der Waals surface area (Å²) in [5, 5.41) is 0.485. The van der Waals surface area contributed by atoms with Crippen LogP contribution in [0.2, 0.25) is 24.7 Å². The summed E-state index contributed by atoms with van der Waals surface area (Å²) in [5.74, 6) is 0. The smallest absolute Gasteiger partial charge is 0.0549 e. The van der Waals surface area contributed by atoms with Crippen molar-refractivity contribution in [3.05, 3.63) is 12.7 Å². The number of rotatable bonds is 8. The van der Waals surface area contributed by atoms with Crippen molar-refractivity contribution in [3.63, 3.8) is 0 Å². The SMILES string of the molecule is C=CC(CCCC)(CCCC)[Si](C)(C)C. The summed E-state index contributed by atoms with van der Waals surface area (Å²) in [4.78, 5) is 0. The predicted molar refractivity (Wildman–Crippen MR) is 75.3 cm³/mol. The minimum Gasteiger partial charge on any atom is -0.103 e. The lowest BCUT2D eigenvalue weighted by atomic mass is 9.94. The second kappa shape index (κ2) is 6.52. The Balaban J connectivity index is 4.68. The van der Waals surface area contributed by atoms with E-state index in [2.05, 4.69) is 46.1 Å². The van der Waals surface area contributed by atoms with Crippen molar-refractivity contribution in [1.82, 2.24) is 0 Å². The Morgan fingerprint density at radius 3 is 1.60 bits per heavy atom. The van der Waals surface area contributed by atoms with Crippen molar-refractivity contribution in [2.75, 3.05) is 0 Å². The number of hydrogen-bond donors (Lipinski definition) is 0. The molecule has 15 heavy (non-hydrogen) atoms. The van der Waals surface area contributed by atoms with Gasteiger partial charge < -0.3 is 0 Å². The van der Waals surface area contributed by atoms with Crippen molar-refractivity contribution in [1.29, 1.82) is 0 Å². The first-order chi connectivity index (χ1) is 6.93. The molecular weight excluding hydrogens is 196 g/mol. The first-order valence-corrected chi connectivity index (χ1v) is 10.1. The molecule has 0 rings (SSSR count). The largest absolute Gasteiger partial charge is 0.103 e. The molecule has 0 aliphatic heterocycles. The predicted octanol–water partition coefficient (Wildman–Crippen LogP) is 5.63. The van der Waals surface area contributed by atoms with E-state index in [0.29, 0.717) is 5.04 Å². The van der Waals surface area contributed by atoms with E-state index in [1.54, 1.807) is 0 Å². The molecule has 0 aliphatic rings. The third-order valence-electron chi connectivity index (χ3n) is 3.84. The zero-order chi connectivity index (χ0) is 11.9. The highest BCUT2D eigenvalue weighted by Crippen LogP contribution is 2.48. The van der Waals surface area contributed by atoms with E-state index in [9.17, 15) is 0 Å². The molecule has 0 aromatic heterocycles. The molecule has 0 saturated carbocycles. The molecule has 0 aromatic rings. The van der Waals surface area contributed by atoms with Crippen LogP contribution in [0.25, 0.3) is 0 Å². The van der Waals surface area contributed by atoms with Gasteiger partial charge in [-0.25, -0.2) is 0 Å². The van der Waals surface area contributed by atoms with Crippen LogP contribution in [0, 0.1) is 0 Å². The van der Waals surface area contributed by atoms with Gasteiger partial charge in [-0.3, -0.25) is 0 Å². The summed E-state index contributed by atoms with van der Waals surface area (Å²) in [6.07, 6.45) is 10.4. The Hall–Kier alpha value is -0.0431. The van der Waals surface area contributed by atoms with Gasteiger partial charge in [-0.2, -0.15) is 0 Å². The lowest BCUT2D eigenvalue weighted by molar-refractivity contribution is 0.499. The average Bonchev–Trinajstić information content (AvgIpc) is 2.17. The molecule has 0 atom stereocenters. The van der Waals surface area contributed by atoms with Crippen LogP contribution in [0.3, 0.4) is 0 Å². The molecule has 0 bridgehead atoms. The van der Waals surface area contributed by atoms with Crippen LogP contribution in [0.4, 0.5) is 0 Å². The molecule has 90 valence electrons. The first-order valence-electron chi connectivity index (χ1n) is 6.57. The fraction of sp³-hybridized carbons (Fsp3) is 0.857. The van der Waals surface area contributed by atoms with E-state index < -0.39 is 8.07 Å². The molecule has 0 saturated heterocycles. The first kappa shape index (κ1) is 15.0. The van der Waals surface area contributed by atoms with Crippen LogP contribution in [0.5, 0.6) is 0 Å². The molecule has 0 amide bonds. The van der Waals surface area contributed by atoms with E-state index in [1.165, 1.54) is 38.5 Å². The molecule has 0 spiro atoms. The average molecular weight is 226 g/mol. The molecule has 0 unspecified atom stereocenters. The zero-order valence-electron chi connectivity index (χ0n) is 11.5.